The van der Waals surface area contributed by atoms with Crippen LogP contribution >= 0.6 is 0 Å². The molecule has 0 aromatic carbocycles. The zero-order valence-electron chi connectivity index (χ0n) is 8.54. The van der Waals surface area contributed by atoms with E-state index in [1.165, 1.54) is 0 Å². The molecular weight excluding hydrogens is 172 g/mol. The van der Waals surface area contributed by atoms with Crippen LogP contribution in [0.4, 0.5) is 4.79 Å². The summed E-state index contributed by atoms with van der Waals surface area (Å²) in [6, 6.07) is 0. The Labute approximate surface area is 79.2 Å². The Kier molecular flexibility index (Phi) is 7.39. The fourth-order valence-corrected chi connectivity index (χ4v) is 0.772. The molecule has 13 heavy (non-hydrogen) atoms. The third kappa shape index (κ3) is 6.40. The Morgan fingerprint density at radius 1 is 1.23 bits per heavy atom. The second-order valence-electron chi connectivity index (χ2n) is 2.49. The Bertz CT molecular complexity index is 136. The molecule has 0 amide bonds. The molecular formula is C9H18O4. The smallest absolute Gasteiger partial charge is 0.435 e. The average Bonchev–Trinajstić information content (AvgIpc) is 2.12. The number of rotatable bonds is 6. The van der Waals surface area contributed by atoms with Crippen molar-refractivity contribution in [2.45, 2.75) is 33.3 Å². The molecule has 0 saturated carbocycles. The molecule has 0 heterocycles. The molecule has 1 unspecified atom stereocenters. The van der Waals surface area contributed by atoms with Crippen LogP contribution in [0, 0.1) is 0 Å². The lowest BCUT2D eigenvalue weighted by atomic mass is 10.3. The van der Waals surface area contributed by atoms with E-state index in [4.69, 9.17) is 9.47 Å². The molecule has 0 N–H and O–H groups in total. The number of hydrogen-bond acceptors (Lipinski definition) is 4. The summed E-state index contributed by atoms with van der Waals surface area (Å²) >= 11 is 0. The summed E-state index contributed by atoms with van der Waals surface area (Å²) in [5.41, 5.74) is 0. The highest BCUT2D eigenvalue weighted by atomic mass is 16.7. The van der Waals surface area contributed by atoms with Gasteiger partial charge in [0, 0.05) is 6.61 Å². The van der Waals surface area contributed by atoms with Crippen LogP contribution in [-0.2, 0) is 14.2 Å². The van der Waals surface area contributed by atoms with Crippen molar-refractivity contribution in [3.8, 4) is 0 Å². The third-order valence-corrected chi connectivity index (χ3v) is 1.49. The monoisotopic (exact) mass is 190 g/mol. The van der Waals surface area contributed by atoms with Gasteiger partial charge in [0.1, 0.15) is 6.10 Å². The molecule has 0 aliphatic carbocycles. The summed E-state index contributed by atoms with van der Waals surface area (Å²) in [4.78, 5) is 10.9. The number of carbonyl (C=O) groups excluding carboxylic acids is 1. The molecule has 0 aromatic heterocycles. The number of ether oxygens (including phenoxy) is 3. The molecule has 0 aromatic rings. The van der Waals surface area contributed by atoms with E-state index in [9.17, 15) is 4.79 Å². The first-order chi connectivity index (χ1) is 6.24. The van der Waals surface area contributed by atoms with Crippen molar-refractivity contribution in [1.82, 2.24) is 0 Å². The molecule has 0 aliphatic rings. The molecule has 0 bridgehead atoms. The van der Waals surface area contributed by atoms with Gasteiger partial charge in [-0.25, -0.2) is 4.79 Å². The van der Waals surface area contributed by atoms with Crippen molar-refractivity contribution < 1.29 is 19.0 Å². The first kappa shape index (κ1) is 12.2. The van der Waals surface area contributed by atoms with Gasteiger partial charge in [-0.1, -0.05) is 6.92 Å². The maximum atomic E-state index is 10.9. The molecule has 0 aliphatic heterocycles. The predicted molar refractivity (Wildman–Crippen MR) is 48.7 cm³/mol. The van der Waals surface area contributed by atoms with E-state index >= 15 is 0 Å². The van der Waals surface area contributed by atoms with E-state index < -0.39 is 6.16 Å². The van der Waals surface area contributed by atoms with Gasteiger partial charge in [0.2, 0.25) is 0 Å². The molecule has 0 rings (SSSR count). The average molecular weight is 190 g/mol. The normalized spacial score (nSPS) is 12.2. The van der Waals surface area contributed by atoms with E-state index in [1.807, 2.05) is 13.8 Å². The summed E-state index contributed by atoms with van der Waals surface area (Å²) < 4.78 is 14.7. The van der Waals surface area contributed by atoms with Gasteiger partial charge in [-0.05, 0) is 20.3 Å². The zero-order valence-corrected chi connectivity index (χ0v) is 8.54. The van der Waals surface area contributed by atoms with E-state index in [2.05, 4.69) is 4.74 Å². The summed E-state index contributed by atoms with van der Waals surface area (Å²) in [6.45, 7) is 6.98. The predicted octanol–water partition coefficient (Wildman–Crippen LogP) is 1.97. The highest BCUT2D eigenvalue weighted by Crippen LogP contribution is 2.01. The highest BCUT2D eigenvalue weighted by molar-refractivity contribution is 5.60. The number of carbonyl (C=O) groups is 1. The van der Waals surface area contributed by atoms with Crippen LogP contribution in [0.25, 0.3) is 0 Å². The van der Waals surface area contributed by atoms with Gasteiger partial charge in [-0.2, -0.15) is 0 Å². The van der Waals surface area contributed by atoms with Gasteiger partial charge in [0.25, 0.3) is 0 Å². The minimum absolute atomic E-state index is 0.195. The summed E-state index contributed by atoms with van der Waals surface area (Å²) in [7, 11) is 0. The van der Waals surface area contributed by atoms with Crippen LogP contribution in [-0.4, -0.2) is 32.1 Å². The molecule has 0 spiro atoms. The van der Waals surface area contributed by atoms with Crippen LogP contribution < -0.4 is 0 Å². The fourth-order valence-electron chi connectivity index (χ4n) is 0.772. The molecule has 4 nitrogen and oxygen atoms in total. The van der Waals surface area contributed by atoms with Gasteiger partial charge in [0.05, 0.1) is 13.2 Å². The van der Waals surface area contributed by atoms with Gasteiger partial charge in [-0.15, -0.1) is 0 Å². The molecule has 4 heteroatoms. The van der Waals surface area contributed by atoms with Crippen LogP contribution in [0.5, 0.6) is 0 Å². The topological polar surface area (TPSA) is 44.8 Å². The van der Waals surface area contributed by atoms with Gasteiger partial charge in [0.15, 0.2) is 0 Å². The van der Waals surface area contributed by atoms with Crippen LogP contribution in [0.1, 0.15) is 27.2 Å². The van der Waals surface area contributed by atoms with Crippen molar-refractivity contribution in [3.63, 3.8) is 0 Å². The van der Waals surface area contributed by atoms with Crippen LogP contribution in [0.15, 0.2) is 0 Å². The standard InChI is InChI=1S/C9H18O4/c1-4-8(7-11-5-2)13-9(10)12-6-3/h8H,4-7H2,1-3H3. The second-order valence-corrected chi connectivity index (χ2v) is 2.49. The number of hydrogen-bond donors (Lipinski definition) is 0. The highest BCUT2D eigenvalue weighted by Gasteiger charge is 2.12. The molecule has 78 valence electrons. The SMILES string of the molecule is CCOCC(CC)OC(=O)OCC. The summed E-state index contributed by atoms with van der Waals surface area (Å²) in [5, 5.41) is 0. The third-order valence-electron chi connectivity index (χ3n) is 1.49. The maximum Gasteiger partial charge on any atom is 0.508 e. The molecule has 0 fully saturated rings. The van der Waals surface area contributed by atoms with Gasteiger partial charge in [-0.3, -0.25) is 0 Å². The zero-order chi connectivity index (χ0) is 10.1. The molecule has 1 atom stereocenters. The van der Waals surface area contributed by atoms with Gasteiger partial charge >= 0.3 is 6.16 Å². The Morgan fingerprint density at radius 2 is 1.92 bits per heavy atom. The Balaban J connectivity index is 3.62. The molecule has 0 saturated heterocycles. The quantitative estimate of drug-likeness (QED) is 0.601. The fraction of sp³-hybridized carbons (Fsp3) is 0.889. The first-order valence-corrected chi connectivity index (χ1v) is 4.65. The van der Waals surface area contributed by atoms with Crippen LogP contribution in [0.2, 0.25) is 0 Å². The van der Waals surface area contributed by atoms with E-state index in [0.717, 1.165) is 6.42 Å². The minimum atomic E-state index is -0.617. The Hall–Kier alpha value is -0.770. The maximum absolute atomic E-state index is 10.9. The first-order valence-electron chi connectivity index (χ1n) is 4.65. The van der Waals surface area contributed by atoms with Crippen molar-refractivity contribution in [2.75, 3.05) is 19.8 Å². The van der Waals surface area contributed by atoms with Crippen molar-refractivity contribution in [1.29, 1.82) is 0 Å². The lowest BCUT2D eigenvalue weighted by molar-refractivity contribution is -0.0136. The van der Waals surface area contributed by atoms with Crippen molar-refractivity contribution in [3.05, 3.63) is 0 Å². The molecule has 0 radical (unpaired) electrons. The van der Waals surface area contributed by atoms with E-state index in [1.54, 1.807) is 6.92 Å². The van der Waals surface area contributed by atoms with Crippen molar-refractivity contribution >= 4 is 6.16 Å². The largest absolute Gasteiger partial charge is 0.508 e. The summed E-state index contributed by atoms with van der Waals surface area (Å²) in [5.74, 6) is 0. The second kappa shape index (κ2) is 7.86. The lowest BCUT2D eigenvalue weighted by Crippen LogP contribution is -2.23. The lowest BCUT2D eigenvalue weighted by Gasteiger charge is -2.14. The minimum Gasteiger partial charge on any atom is -0.435 e. The summed E-state index contributed by atoms with van der Waals surface area (Å²) in [6.07, 6.45) is -0.0771. The van der Waals surface area contributed by atoms with Crippen molar-refractivity contribution in [2.24, 2.45) is 0 Å². The van der Waals surface area contributed by atoms with E-state index in [-0.39, 0.29) is 6.10 Å². The van der Waals surface area contributed by atoms with E-state index in [0.29, 0.717) is 19.8 Å². The van der Waals surface area contributed by atoms with Crippen LogP contribution in [0.3, 0.4) is 0 Å². The Morgan fingerprint density at radius 3 is 2.38 bits per heavy atom. The van der Waals surface area contributed by atoms with Gasteiger partial charge < -0.3 is 14.2 Å².